The van der Waals surface area contributed by atoms with Gasteiger partial charge in [-0.2, -0.15) is 0 Å². The maximum atomic E-state index is 11.3. The lowest BCUT2D eigenvalue weighted by Crippen LogP contribution is -2.31. The van der Waals surface area contributed by atoms with Crippen LogP contribution in [0, 0.1) is 0 Å². The van der Waals surface area contributed by atoms with Gasteiger partial charge in [-0.3, -0.25) is 14.6 Å². The quantitative estimate of drug-likeness (QED) is 0.437. The number of aromatic nitrogens is 2. The molecule has 7 nitrogen and oxygen atoms in total. The van der Waals surface area contributed by atoms with E-state index < -0.39 is 17.2 Å². The van der Waals surface area contributed by atoms with Crippen LogP contribution in [0.1, 0.15) is 16.9 Å². The van der Waals surface area contributed by atoms with Gasteiger partial charge >= 0.3 is 5.69 Å². The van der Waals surface area contributed by atoms with E-state index in [-0.39, 0.29) is 5.69 Å². The molecule has 1 heterocycles. The number of rotatable bonds is 4. The van der Waals surface area contributed by atoms with Gasteiger partial charge in [0.05, 0.1) is 0 Å². The van der Waals surface area contributed by atoms with E-state index in [1.807, 2.05) is 4.98 Å². The molecule has 0 atom stereocenters. The number of aromatic amines is 2. The zero-order chi connectivity index (χ0) is 11.3. The molecule has 0 aliphatic rings. The van der Waals surface area contributed by atoms with Gasteiger partial charge in [-0.15, -0.1) is 0 Å². The molecular formula is C8H12N4O3. The molecular weight excluding hydrogens is 200 g/mol. The fourth-order valence-electron chi connectivity index (χ4n) is 0.990. The van der Waals surface area contributed by atoms with Gasteiger partial charge in [-0.1, -0.05) is 0 Å². The molecule has 5 N–H and O–H groups in total. The van der Waals surface area contributed by atoms with Crippen molar-refractivity contribution in [1.29, 1.82) is 0 Å². The van der Waals surface area contributed by atoms with E-state index in [1.165, 1.54) is 0 Å². The topological polar surface area (TPSA) is 121 Å². The van der Waals surface area contributed by atoms with Crippen molar-refractivity contribution in [3.05, 3.63) is 32.6 Å². The van der Waals surface area contributed by atoms with Crippen molar-refractivity contribution in [2.75, 3.05) is 13.1 Å². The largest absolute Gasteiger partial charge is 0.351 e. The van der Waals surface area contributed by atoms with Gasteiger partial charge < -0.3 is 16.0 Å². The lowest BCUT2D eigenvalue weighted by Gasteiger charge is -2.02. The predicted molar refractivity (Wildman–Crippen MR) is 53.7 cm³/mol. The van der Waals surface area contributed by atoms with Crippen LogP contribution in [-0.4, -0.2) is 29.0 Å². The highest BCUT2D eigenvalue weighted by atomic mass is 16.2. The summed E-state index contributed by atoms with van der Waals surface area (Å²) >= 11 is 0. The van der Waals surface area contributed by atoms with Crippen molar-refractivity contribution in [2.24, 2.45) is 5.73 Å². The Bertz CT molecular complexity index is 419. The molecule has 0 saturated carbocycles. The number of hydrogen-bond donors (Lipinski definition) is 4. The number of nitrogens with two attached hydrogens (primary N) is 1. The van der Waals surface area contributed by atoms with Crippen LogP contribution in [0.15, 0.2) is 15.7 Å². The first-order chi connectivity index (χ1) is 7.13. The van der Waals surface area contributed by atoms with Crippen LogP contribution in [0.2, 0.25) is 0 Å². The lowest BCUT2D eigenvalue weighted by molar-refractivity contribution is 0.0948. The minimum atomic E-state index is -0.702. The van der Waals surface area contributed by atoms with E-state index in [0.717, 1.165) is 6.07 Å². The SMILES string of the molecule is NCCCNC(=O)c1cc(=O)[nH]c(=O)[nH]1. The number of nitrogens with one attached hydrogen (secondary N) is 3. The summed E-state index contributed by atoms with van der Waals surface area (Å²) < 4.78 is 0. The Kier molecular flexibility index (Phi) is 3.81. The van der Waals surface area contributed by atoms with E-state index in [4.69, 9.17) is 5.73 Å². The van der Waals surface area contributed by atoms with Gasteiger partial charge in [-0.25, -0.2) is 4.79 Å². The summed E-state index contributed by atoms with van der Waals surface area (Å²) in [6.07, 6.45) is 0.638. The van der Waals surface area contributed by atoms with Crippen molar-refractivity contribution in [3.63, 3.8) is 0 Å². The molecule has 7 heteroatoms. The molecule has 1 aromatic heterocycles. The third-order valence-corrected chi connectivity index (χ3v) is 1.67. The third-order valence-electron chi connectivity index (χ3n) is 1.67. The number of carbonyl (C=O) groups is 1. The Morgan fingerprint density at radius 3 is 2.73 bits per heavy atom. The second kappa shape index (κ2) is 5.11. The van der Waals surface area contributed by atoms with Crippen molar-refractivity contribution in [3.8, 4) is 0 Å². The van der Waals surface area contributed by atoms with E-state index in [0.29, 0.717) is 19.5 Å². The number of amides is 1. The van der Waals surface area contributed by atoms with Crippen LogP contribution in [0.25, 0.3) is 0 Å². The molecule has 1 rings (SSSR count). The number of H-pyrrole nitrogens is 2. The van der Waals surface area contributed by atoms with Gasteiger partial charge in [0.25, 0.3) is 11.5 Å². The minimum absolute atomic E-state index is 0.0548. The molecule has 0 aliphatic carbocycles. The van der Waals surface area contributed by atoms with Crippen LogP contribution in [0.3, 0.4) is 0 Å². The molecule has 1 aromatic rings. The highest BCUT2D eigenvalue weighted by Gasteiger charge is 2.06. The van der Waals surface area contributed by atoms with Crippen molar-refractivity contribution < 1.29 is 4.79 Å². The highest BCUT2D eigenvalue weighted by Crippen LogP contribution is 1.85. The zero-order valence-corrected chi connectivity index (χ0v) is 8.00. The smallest absolute Gasteiger partial charge is 0.326 e. The number of carbonyl (C=O) groups excluding carboxylic acids is 1. The number of hydrogen-bond acceptors (Lipinski definition) is 4. The van der Waals surface area contributed by atoms with Crippen LogP contribution in [-0.2, 0) is 0 Å². The van der Waals surface area contributed by atoms with Gasteiger partial charge in [0, 0.05) is 12.6 Å². The second-order valence-corrected chi connectivity index (χ2v) is 2.90. The Morgan fingerprint density at radius 1 is 1.40 bits per heavy atom. The average Bonchev–Trinajstić information content (AvgIpc) is 2.16. The summed E-state index contributed by atoms with van der Waals surface area (Å²) in [5.74, 6) is -0.494. The van der Waals surface area contributed by atoms with Crippen molar-refractivity contribution >= 4 is 5.91 Å². The summed E-state index contributed by atoms with van der Waals surface area (Å²) in [7, 11) is 0. The molecule has 0 saturated heterocycles. The monoisotopic (exact) mass is 212 g/mol. The normalized spacial score (nSPS) is 9.93. The van der Waals surface area contributed by atoms with Crippen molar-refractivity contribution in [1.82, 2.24) is 15.3 Å². The van der Waals surface area contributed by atoms with E-state index in [2.05, 4.69) is 10.3 Å². The zero-order valence-electron chi connectivity index (χ0n) is 8.00. The Morgan fingerprint density at radius 2 is 2.13 bits per heavy atom. The van der Waals surface area contributed by atoms with Gasteiger partial charge in [0.2, 0.25) is 0 Å². The molecule has 0 aromatic carbocycles. The summed E-state index contributed by atoms with van der Waals surface area (Å²) in [6.45, 7) is 0.871. The summed E-state index contributed by atoms with van der Waals surface area (Å²) in [6, 6.07) is 1.03. The first-order valence-electron chi connectivity index (χ1n) is 4.45. The Balaban J connectivity index is 2.74. The predicted octanol–water partition coefficient (Wildman–Crippen LogP) is -1.86. The van der Waals surface area contributed by atoms with Gasteiger partial charge in [0.1, 0.15) is 5.69 Å². The van der Waals surface area contributed by atoms with E-state index in [1.54, 1.807) is 0 Å². The fourth-order valence-corrected chi connectivity index (χ4v) is 0.990. The minimum Gasteiger partial charge on any atom is -0.351 e. The molecule has 1 amide bonds. The Hall–Kier alpha value is -1.89. The first-order valence-corrected chi connectivity index (χ1v) is 4.45. The lowest BCUT2D eigenvalue weighted by atomic mass is 10.3. The summed E-state index contributed by atoms with van der Waals surface area (Å²) in [4.78, 5) is 37.2. The maximum absolute atomic E-state index is 11.3. The molecule has 15 heavy (non-hydrogen) atoms. The van der Waals surface area contributed by atoms with E-state index in [9.17, 15) is 14.4 Å². The second-order valence-electron chi connectivity index (χ2n) is 2.90. The van der Waals surface area contributed by atoms with Gasteiger partial charge in [-0.05, 0) is 13.0 Å². The summed E-state index contributed by atoms with van der Waals surface area (Å²) in [5.41, 5.74) is 3.87. The Labute approximate surface area is 84.7 Å². The van der Waals surface area contributed by atoms with Crippen LogP contribution in [0.4, 0.5) is 0 Å². The molecule has 82 valence electrons. The summed E-state index contributed by atoms with van der Waals surface area (Å²) in [5, 5.41) is 2.51. The van der Waals surface area contributed by atoms with Gasteiger partial charge in [0.15, 0.2) is 0 Å². The third kappa shape index (κ3) is 3.39. The fraction of sp³-hybridized carbons (Fsp3) is 0.375. The molecule has 0 fully saturated rings. The van der Waals surface area contributed by atoms with Crippen molar-refractivity contribution in [2.45, 2.75) is 6.42 Å². The molecule has 0 aliphatic heterocycles. The molecule has 0 spiro atoms. The molecule has 0 unspecified atom stereocenters. The van der Waals surface area contributed by atoms with Crippen LogP contribution >= 0.6 is 0 Å². The molecule has 0 radical (unpaired) electrons. The van der Waals surface area contributed by atoms with E-state index >= 15 is 0 Å². The van der Waals surface area contributed by atoms with Crippen LogP contribution in [0.5, 0.6) is 0 Å². The molecule has 0 bridgehead atoms. The standard InChI is InChI=1S/C8H12N4O3/c9-2-1-3-10-7(14)5-4-6(13)12-8(15)11-5/h4H,1-3,9H2,(H,10,14)(H2,11,12,13,15). The van der Waals surface area contributed by atoms with Crippen LogP contribution < -0.4 is 22.3 Å². The highest BCUT2D eigenvalue weighted by molar-refractivity contribution is 5.91. The average molecular weight is 212 g/mol. The first kappa shape index (κ1) is 11.2. The maximum Gasteiger partial charge on any atom is 0.326 e.